The summed E-state index contributed by atoms with van der Waals surface area (Å²) in [6.45, 7) is 1.03. The van der Waals surface area contributed by atoms with Gasteiger partial charge in [0, 0.05) is 30.0 Å². The number of nitrogens with zero attached hydrogens (tertiary/aromatic N) is 3. The number of nitrogens with two attached hydrogens (primary N) is 1. The monoisotopic (exact) mass is 222 g/mol. The van der Waals surface area contributed by atoms with Gasteiger partial charge in [0.1, 0.15) is 0 Å². The standard InChI is InChI=1S/C11H18N4O/c1-15-4-3-9(12)5-10(15)8-6-13-11(16-2)14-7-8/h6-7,9-10H,3-5,12H2,1-2H3. The van der Waals surface area contributed by atoms with Crippen LogP contribution in [-0.4, -0.2) is 41.6 Å². The molecule has 2 atom stereocenters. The number of hydrogen-bond donors (Lipinski definition) is 1. The summed E-state index contributed by atoms with van der Waals surface area (Å²) in [5.74, 6) is 0. The Morgan fingerprint density at radius 1 is 1.44 bits per heavy atom. The third-order valence-corrected chi connectivity index (χ3v) is 3.13. The quantitative estimate of drug-likeness (QED) is 0.793. The molecule has 1 fully saturated rings. The minimum atomic E-state index is 0.281. The van der Waals surface area contributed by atoms with Crippen molar-refractivity contribution in [2.45, 2.75) is 24.9 Å². The molecule has 16 heavy (non-hydrogen) atoms. The van der Waals surface area contributed by atoms with E-state index in [9.17, 15) is 0 Å². The van der Waals surface area contributed by atoms with E-state index in [2.05, 4.69) is 21.9 Å². The molecule has 1 aromatic rings. The van der Waals surface area contributed by atoms with Crippen LogP contribution in [0, 0.1) is 0 Å². The second kappa shape index (κ2) is 4.76. The average molecular weight is 222 g/mol. The van der Waals surface area contributed by atoms with Gasteiger partial charge in [0.2, 0.25) is 0 Å². The van der Waals surface area contributed by atoms with Gasteiger partial charge in [-0.25, -0.2) is 9.97 Å². The van der Waals surface area contributed by atoms with E-state index in [-0.39, 0.29) is 6.04 Å². The maximum absolute atomic E-state index is 5.99. The first kappa shape index (κ1) is 11.3. The van der Waals surface area contributed by atoms with E-state index in [1.807, 2.05) is 12.4 Å². The van der Waals surface area contributed by atoms with Gasteiger partial charge in [-0.3, -0.25) is 4.90 Å². The second-order valence-corrected chi connectivity index (χ2v) is 4.28. The van der Waals surface area contributed by atoms with Crippen molar-refractivity contribution >= 4 is 0 Å². The molecule has 0 aromatic carbocycles. The molecule has 0 amide bonds. The molecule has 2 heterocycles. The van der Waals surface area contributed by atoms with Crippen molar-refractivity contribution in [2.75, 3.05) is 20.7 Å². The van der Waals surface area contributed by atoms with Gasteiger partial charge < -0.3 is 10.5 Å². The van der Waals surface area contributed by atoms with Gasteiger partial charge in [-0.05, 0) is 26.4 Å². The van der Waals surface area contributed by atoms with Crippen LogP contribution in [0.25, 0.3) is 0 Å². The Balaban J connectivity index is 2.15. The molecule has 1 aromatic heterocycles. The van der Waals surface area contributed by atoms with Crippen LogP contribution in [0.4, 0.5) is 0 Å². The highest BCUT2D eigenvalue weighted by Crippen LogP contribution is 2.28. The number of piperidine rings is 1. The highest BCUT2D eigenvalue weighted by Gasteiger charge is 2.25. The minimum absolute atomic E-state index is 0.281. The first-order valence-corrected chi connectivity index (χ1v) is 5.52. The summed E-state index contributed by atoms with van der Waals surface area (Å²) in [5, 5.41) is 0. The molecule has 0 bridgehead atoms. The van der Waals surface area contributed by atoms with E-state index >= 15 is 0 Å². The number of ether oxygens (including phenoxy) is 1. The smallest absolute Gasteiger partial charge is 0.316 e. The van der Waals surface area contributed by atoms with Crippen LogP contribution >= 0.6 is 0 Å². The van der Waals surface area contributed by atoms with Gasteiger partial charge in [0.05, 0.1) is 7.11 Å². The first-order chi connectivity index (χ1) is 7.70. The summed E-state index contributed by atoms with van der Waals surface area (Å²) in [6, 6.07) is 1.02. The normalized spacial score (nSPS) is 26.7. The maximum Gasteiger partial charge on any atom is 0.316 e. The second-order valence-electron chi connectivity index (χ2n) is 4.28. The van der Waals surface area contributed by atoms with Crippen LogP contribution in [0.15, 0.2) is 12.4 Å². The van der Waals surface area contributed by atoms with Crippen molar-refractivity contribution in [3.63, 3.8) is 0 Å². The lowest BCUT2D eigenvalue weighted by Crippen LogP contribution is -2.39. The number of aromatic nitrogens is 2. The third kappa shape index (κ3) is 2.31. The summed E-state index contributed by atoms with van der Waals surface area (Å²) >= 11 is 0. The molecule has 1 aliphatic rings. The van der Waals surface area contributed by atoms with E-state index < -0.39 is 0 Å². The Hall–Kier alpha value is -1.20. The topological polar surface area (TPSA) is 64.3 Å². The molecule has 2 rings (SSSR count). The third-order valence-electron chi connectivity index (χ3n) is 3.13. The van der Waals surface area contributed by atoms with Gasteiger partial charge in [0.15, 0.2) is 0 Å². The Morgan fingerprint density at radius 3 is 2.75 bits per heavy atom. The molecule has 5 nitrogen and oxygen atoms in total. The molecule has 5 heteroatoms. The Bertz CT molecular complexity index is 340. The number of rotatable bonds is 2. The molecule has 0 radical (unpaired) electrons. The summed E-state index contributed by atoms with van der Waals surface area (Å²) in [7, 11) is 3.68. The maximum atomic E-state index is 5.99. The summed E-state index contributed by atoms with van der Waals surface area (Å²) in [6.07, 6.45) is 5.67. The van der Waals surface area contributed by atoms with Crippen molar-refractivity contribution < 1.29 is 4.74 Å². The van der Waals surface area contributed by atoms with Crippen molar-refractivity contribution in [1.29, 1.82) is 0 Å². The molecular formula is C11H18N4O. The van der Waals surface area contributed by atoms with E-state index in [0.717, 1.165) is 24.9 Å². The van der Waals surface area contributed by atoms with E-state index in [1.54, 1.807) is 7.11 Å². The molecule has 88 valence electrons. The molecule has 1 saturated heterocycles. The van der Waals surface area contributed by atoms with Crippen LogP contribution in [0.1, 0.15) is 24.4 Å². The zero-order valence-corrected chi connectivity index (χ0v) is 9.76. The summed E-state index contributed by atoms with van der Waals surface area (Å²) in [5.41, 5.74) is 7.10. The molecule has 1 aliphatic heterocycles. The van der Waals surface area contributed by atoms with Gasteiger partial charge in [-0.15, -0.1) is 0 Å². The molecule has 0 spiro atoms. The molecule has 0 aliphatic carbocycles. The van der Waals surface area contributed by atoms with Crippen LogP contribution in [0.5, 0.6) is 6.01 Å². The van der Waals surface area contributed by atoms with Crippen LogP contribution in [0.3, 0.4) is 0 Å². The summed E-state index contributed by atoms with van der Waals surface area (Å²) < 4.78 is 4.94. The predicted molar refractivity (Wildman–Crippen MR) is 61.2 cm³/mol. The predicted octanol–water partition coefficient (Wildman–Crippen LogP) is 0.579. The SMILES string of the molecule is COc1ncc(C2CC(N)CCN2C)cn1. The molecule has 2 unspecified atom stereocenters. The minimum Gasteiger partial charge on any atom is -0.467 e. The summed E-state index contributed by atoms with van der Waals surface area (Å²) in [4.78, 5) is 10.6. The van der Waals surface area contributed by atoms with Crippen LogP contribution in [-0.2, 0) is 0 Å². The highest BCUT2D eigenvalue weighted by molar-refractivity contribution is 5.14. The Morgan fingerprint density at radius 2 is 2.12 bits per heavy atom. The molecule has 2 N–H and O–H groups in total. The lowest BCUT2D eigenvalue weighted by atomic mass is 9.94. The van der Waals surface area contributed by atoms with E-state index in [1.165, 1.54) is 0 Å². The number of methoxy groups -OCH3 is 1. The first-order valence-electron chi connectivity index (χ1n) is 5.52. The van der Waals surface area contributed by atoms with E-state index in [4.69, 9.17) is 10.5 Å². The van der Waals surface area contributed by atoms with Crippen LogP contribution in [0.2, 0.25) is 0 Å². The van der Waals surface area contributed by atoms with Gasteiger partial charge in [-0.2, -0.15) is 0 Å². The van der Waals surface area contributed by atoms with E-state index in [0.29, 0.717) is 12.1 Å². The Labute approximate surface area is 95.6 Å². The van der Waals surface area contributed by atoms with Crippen LogP contribution < -0.4 is 10.5 Å². The lowest BCUT2D eigenvalue weighted by molar-refractivity contribution is 0.170. The zero-order chi connectivity index (χ0) is 11.5. The molecular weight excluding hydrogens is 204 g/mol. The van der Waals surface area contributed by atoms with Crippen molar-refractivity contribution in [3.05, 3.63) is 18.0 Å². The van der Waals surface area contributed by atoms with Crippen molar-refractivity contribution in [1.82, 2.24) is 14.9 Å². The van der Waals surface area contributed by atoms with Crippen molar-refractivity contribution in [2.24, 2.45) is 5.73 Å². The largest absolute Gasteiger partial charge is 0.467 e. The lowest BCUT2D eigenvalue weighted by Gasteiger charge is -2.35. The average Bonchev–Trinajstić information content (AvgIpc) is 2.32. The van der Waals surface area contributed by atoms with Gasteiger partial charge >= 0.3 is 6.01 Å². The van der Waals surface area contributed by atoms with Gasteiger partial charge in [-0.1, -0.05) is 0 Å². The number of hydrogen-bond acceptors (Lipinski definition) is 5. The Kier molecular flexibility index (Phi) is 3.36. The fourth-order valence-corrected chi connectivity index (χ4v) is 2.10. The fraction of sp³-hybridized carbons (Fsp3) is 0.636. The number of likely N-dealkylation sites (tertiary alicyclic amines) is 1. The van der Waals surface area contributed by atoms with Gasteiger partial charge in [0.25, 0.3) is 0 Å². The highest BCUT2D eigenvalue weighted by atomic mass is 16.5. The van der Waals surface area contributed by atoms with Crippen molar-refractivity contribution in [3.8, 4) is 6.01 Å². The zero-order valence-electron chi connectivity index (χ0n) is 9.76. The fourth-order valence-electron chi connectivity index (χ4n) is 2.10. The molecule has 0 saturated carbocycles.